The van der Waals surface area contributed by atoms with Gasteiger partial charge in [0.15, 0.2) is 0 Å². The second kappa shape index (κ2) is 7.62. The highest BCUT2D eigenvalue weighted by Gasteiger charge is 2.05. The molecule has 2 N–H and O–H groups in total. The fourth-order valence-electron chi connectivity index (χ4n) is 1.43. The third-order valence-electron chi connectivity index (χ3n) is 2.48. The lowest BCUT2D eigenvalue weighted by molar-refractivity contribution is 0.347. The largest absolute Gasteiger partial charge is 0.489 e. The molecule has 5 nitrogen and oxygen atoms in total. The Hall–Kier alpha value is -1.92. The highest BCUT2D eigenvalue weighted by molar-refractivity contribution is 5.85. The lowest BCUT2D eigenvalue weighted by Crippen LogP contribution is -2.10. The van der Waals surface area contributed by atoms with Crippen molar-refractivity contribution in [3.05, 3.63) is 42.1 Å². The van der Waals surface area contributed by atoms with Crippen LogP contribution in [0.2, 0.25) is 0 Å². The summed E-state index contributed by atoms with van der Waals surface area (Å²) in [5.41, 5.74) is 6.56. The van der Waals surface area contributed by atoms with Crippen LogP contribution in [-0.4, -0.2) is 23.3 Å². The van der Waals surface area contributed by atoms with Crippen molar-refractivity contribution in [2.75, 3.05) is 13.2 Å². The van der Waals surface area contributed by atoms with Gasteiger partial charge in [-0.3, -0.25) is 0 Å². The van der Waals surface area contributed by atoms with E-state index < -0.39 is 0 Å². The van der Waals surface area contributed by atoms with E-state index in [0.717, 1.165) is 5.56 Å². The topological polar surface area (TPSA) is 74.2 Å². The van der Waals surface area contributed by atoms with Crippen molar-refractivity contribution in [2.24, 2.45) is 5.73 Å². The zero-order chi connectivity index (χ0) is 13.7. The van der Waals surface area contributed by atoms with Crippen molar-refractivity contribution < 1.29 is 13.7 Å². The van der Waals surface area contributed by atoms with Crippen molar-refractivity contribution in [1.82, 2.24) is 10.1 Å². The van der Waals surface area contributed by atoms with E-state index in [2.05, 4.69) is 10.1 Å². The Bertz CT molecular complexity index is 569. The van der Waals surface area contributed by atoms with Gasteiger partial charge in [0.2, 0.25) is 11.7 Å². The van der Waals surface area contributed by atoms with Gasteiger partial charge in [0.05, 0.1) is 6.33 Å². The lowest BCUT2D eigenvalue weighted by Gasteiger charge is -2.07. The van der Waals surface area contributed by atoms with E-state index in [-0.39, 0.29) is 25.6 Å². The Morgan fingerprint density at radius 3 is 2.60 bits per heavy atom. The molecule has 0 atom stereocenters. The van der Waals surface area contributed by atoms with E-state index in [1.807, 2.05) is 0 Å². The minimum atomic E-state index is 0. The highest BCUT2D eigenvalue weighted by atomic mass is 35.5. The molecule has 0 unspecified atom stereocenters. The van der Waals surface area contributed by atoms with Crippen LogP contribution in [0.3, 0.4) is 0 Å². The average molecular weight is 300 g/mol. The van der Waals surface area contributed by atoms with Crippen molar-refractivity contribution >= 4 is 12.4 Å². The van der Waals surface area contributed by atoms with E-state index >= 15 is 0 Å². The molecular weight excluding hydrogens is 285 g/mol. The molecule has 0 saturated heterocycles. The first-order chi connectivity index (χ1) is 9.22. The SMILES string of the molecule is Cc1nc(-c2ccc(OC/C(=C/F)CN)cc2)no1.Cl. The Morgan fingerprint density at radius 1 is 1.40 bits per heavy atom. The fraction of sp³-hybridized carbons (Fsp3) is 0.231. The molecular formula is C13H15ClFN3O2. The summed E-state index contributed by atoms with van der Waals surface area (Å²) in [7, 11) is 0. The molecule has 0 radical (unpaired) electrons. The Labute approximate surface area is 122 Å². The first-order valence-electron chi connectivity index (χ1n) is 5.74. The molecule has 7 heteroatoms. The predicted octanol–water partition coefficient (Wildman–Crippen LogP) is 2.66. The first-order valence-corrected chi connectivity index (χ1v) is 5.74. The summed E-state index contributed by atoms with van der Waals surface area (Å²) >= 11 is 0. The molecule has 1 aromatic carbocycles. The van der Waals surface area contributed by atoms with E-state index in [1.165, 1.54) is 0 Å². The molecule has 0 aliphatic heterocycles. The van der Waals surface area contributed by atoms with Crippen LogP contribution in [0.5, 0.6) is 5.75 Å². The van der Waals surface area contributed by atoms with Crippen LogP contribution in [0.25, 0.3) is 11.4 Å². The number of benzene rings is 1. The maximum absolute atomic E-state index is 12.3. The maximum Gasteiger partial charge on any atom is 0.223 e. The molecule has 0 aliphatic carbocycles. The fourth-order valence-corrected chi connectivity index (χ4v) is 1.43. The molecule has 0 amide bonds. The van der Waals surface area contributed by atoms with Gasteiger partial charge in [0.25, 0.3) is 0 Å². The lowest BCUT2D eigenvalue weighted by atomic mass is 10.2. The van der Waals surface area contributed by atoms with E-state index in [0.29, 0.717) is 29.4 Å². The van der Waals surface area contributed by atoms with Crippen molar-refractivity contribution in [3.63, 3.8) is 0 Å². The summed E-state index contributed by atoms with van der Waals surface area (Å²) in [6, 6.07) is 7.13. The normalized spacial score (nSPS) is 11.1. The van der Waals surface area contributed by atoms with Crippen LogP contribution in [0.1, 0.15) is 5.89 Å². The Balaban J connectivity index is 0.00000200. The van der Waals surface area contributed by atoms with Crippen LogP contribution in [0.15, 0.2) is 40.7 Å². The second-order valence-electron chi connectivity index (χ2n) is 3.92. The molecule has 0 saturated carbocycles. The average Bonchev–Trinajstić information content (AvgIpc) is 2.87. The summed E-state index contributed by atoms with van der Waals surface area (Å²) < 4.78 is 22.6. The standard InChI is InChI=1S/C13H14FN3O2.ClH/c1-9-16-13(17-19-9)11-2-4-12(5-3-11)18-8-10(6-14)7-15;/h2-6H,7-8,15H2,1H3;1H/b10-6+;. The molecule has 108 valence electrons. The molecule has 0 spiro atoms. The third-order valence-corrected chi connectivity index (χ3v) is 2.48. The summed E-state index contributed by atoms with van der Waals surface area (Å²) in [5.74, 6) is 1.66. The maximum atomic E-state index is 12.3. The molecule has 20 heavy (non-hydrogen) atoms. The van der Waals surface area contributed by atoms with E-state index in [4.69, 9.17) is 15.0 Å². The van der Waals surface area contributed by atoms with Gasteiger partial charge in [-0.15, -0.1) is 12.4 Å². The number of hydrogen-bond donors (Lipinski definition) is 1. The molecule has 1 heterocycles. The summed E-state index contributed by atoms with van der Waals surface area (Å²) in [5, 5.41) is 3.81. The van der Waals surface area contributed by atoms with Gasteiger partial charge in [-0.05, 0) is 24.3 Å². The number of ether oxygens (including phenoxy) is 1. The highest BCUT2D eigenvalue weighted by Crippen LogP contribution is 2.20. The number of nitrogens with two attached hydrogens (primary N) is 1. The van der Waals surface area contributed by atoms with E-state index in [9.17, 15) is 4.39 Å². The van der Waals surface area contributed by atoms with Crippen LogP contribution in [0.4, 0.5) is 4.39 Å². The van der Waals surface area contributed by atoms with Gasteiger partial charge in [-0.2, -0.15) is 4.98 Å². The molecule has 0 aliphatic rings. The predicted molar refractivity (Wildman–Crippen MR) is 75.5 cm³/mol. The number of aryl methyl sites for hydroxylation is 1. The number of rotatable bonds is 5. The minimum Gasteiger partial charge on any atom is -0.489 e. The number of nitrogens with zero attached hydrogens (tertiary/aromatic N) is 2. The summed E-state index contributed by atoms with van der Waals surface area (Å²) in [4.78, 5) is 4.12. The van der Waals surface area contributed by atoms with Crippen molar-refractivity contribution in [3.8, 4) is 17.1 Å². The van der Waals surface area contributed by atoms with Gasteiger partial charge in [-0.25, -0.2) is 4.39 Å². The Kier molecular flexibility index (Phi) is 6.14. The number of halogens is 2. The number of hydrogen-bond acceptors (Lipinski definition) is 5. The zero-order valence-corrected chi connectivity index (χ0v) is 11.7. The van der Waals surface area contributed by atoms with E-state index in [1.54, 1.807) is 31.2 Å². The van der Waals surface area contributed by atoms with Crippen molar-refractivity contribution in [1.29, 1.82) is 0 Å². The summed E-state index contributed by atoms with van der Waals surface area (Å²) in [6.07, 6.45) is 0.469. The zero-order valence-electron chi connectivity index (χ0n) is 10.9. The third kappa shape index (κ3) is 4.04. The number of aromatic nitrogens is 2. The first kappa shape index (κ1) is 16.1. The summed E-state index contributed by atoms with van der Waals surface area (Å²) in [6.45, 7) is 2.00. The van der Waals surface area contributed by atoms with Gasteiger partial charge < -0.3 is 15.0 Å². The molecule has 2 rings (SSSR count). The van der Waals surface area contributed by atoms with Crippen LogP contribution in [0, 0.1) is 6.92 Å². The quantitative estimate of drug-likeness (QED) is 0.918. The molecule has 0 bridgehead atoms. The second-order valence-corrected chi connectivity index (χ2v) is 3.92. The smallest absolute Gasteiger partial charge is 0.223 e. The minimum absolute atomic E-state index is 0. The van der Waals surface area contributed by atoms with Crippen LogP contribution in [-0.2, 0) is 0 Å². The van der Waals surface area contributed by atoms with Gasteiger partial charge in [-0.1, -0.05) is 5.16 Å². The van der Waals surface area contributed by atoms with Crippen LogP contribution >= 0.6 is 12.4 Å². The Morgan fingerprint density at radius 2 is 2.10 bits per heavy atom. The van der Waals surface area contributed by atoms with Crippen LogP contribution < -0.4 is 10.5 Å². The molecule has 1 aromatic heterocycles. The van der Waals surface area contributed by atoms with Gasteiger partial charge >= 0.3 is 0 Å². The molecule has 2 aromatic rings. The van der Waals surface area contributed by atoms with Crippen molar-refractivity contribution in [2.45, 2.75) is 6.92 Å². The van der Waals surface area contributed by atoms with Gasteiger partial charge in [0.1, 0.15) is 12.4 Å². The monoisotopic (exact) mass is 299 g/mol. The molecule has 0 fully saturated rings. The van der Waals surface area contributed by atoms with Gasteiger partial charge in [0, 0.05) is 24.6 Å².